The lowest BCUT2D eigenvalue weighted by Gasteiger charge is -2.37. The SMILES string of the molecule is C=CCC1(Cc2ccccc2)CCCNC1. The highest BCUT2D eigenvalue weighted by Gasteiger charge is 2.30. The molecule has 1 aliphatic heterocycles. The summed E-state index contributed by atoms with van der Waals surface area (Å²) in [4.78, 5) is 0. The van der Waals surface area contributed by atoms with Crippen LogP contribution in [0.2, 0.25) is 0 Å². The first-order valence-corrected chi connectivity index (χ1v) is 6.20. The van der Waals surface area contributed by atoms with Gasteiger partial charge in [0.25, 0.3) is 0 Å². The van der Waals surface area contributed by atoms with Crippen LogP contribution in [-0.4, -0.2) is 13.1 Å². The summed E-state index contributed by atoms with van der Waals surface area (Å²) < 4.78 is 0. The van der Waals surface area contributed by atoms with Gasteiger partial charge in [-0.15, -0.1) is 6.58 Å². The number of hydrogen-bond donors (Lipinski definition) is 1. The Hall–Kier alpha value is -1.08. The topological polar surface area (TPSA) is 12.0 Å². The van der Waals surface area contributed by atoms with Gasteiger partial charge in [0, 0.05) is 6.54 Å². The Morgan fingerprint density at radius 3 is 2.75 bits per heavy atom. The fraction of sp³-hybridized carbons (Fsp3) is 0.467. The second kappa shape index (κ2) is 5.31. The highest BCUT2D eigenvalue weighted by molar-refractivity contribution is 5.17. The van der Waals surface area contributed by atoms with E-state index in [1.54, 1.807) is 0 Å². The van der Waals surface area contributed by atoms with Crippen molar-refractivity contribution in [2.45, 2.75) is 25.7 Å². The van der Waals surface area contributed by atoms with Gasteiger partial charge in [0.2, 0.25) is 0 Å². The number of rotatable bonds is 4. The van der Waals surface area contributed by atoms with E-state index in [0.29, 0.717) is 5.41 Å². The molecule has 1 aliphatic rings. The Balaban J connectivity index is 2.10. The lowest BCUT2D eigenvalue weighted by atomic mass is 9.73. The molecule has 1 fully saturated rings. The Bertz CT molecular complexity index is 323. The molecule has 1 heteroatoms. The molecule has 86 valence electrons. The van der Waals surface area contributed by atoms with Gasteiger partial charge in [0.15, 0.2) is 0 Å². The zero-order valence-electron chi connectivity index (χ0n) is 9.91. The van der Waals surface area contributed by atoms with Gasteiger partial charge in [-0.25, -0.2) is 0 Å². The van der Waals surface area contributed by atoms with Gasteiger partial charge in [-0.2, -0.15) is 0 Å². The molecule has 0 amide bonds. The van der Waals surface area contributed by atoms with Crippen molar-refractivity contribution >= 4 is 0 Å². The lowest BCUT2D eigenvalue weighted by molar-refractivity contribution is 0.210. The van der Waals surface area contributed by atoms with Crippen LogP contribution in [0.5, 0.6) is 0 Å². The van der Waals surface area contributed by atoms with Crippen LogP contribution in [0.4, 0.5) is 0 Å². The first-order valence-electron chi connectivity index (χ1n) is 6.20. The third kappa shape index (κ3) is 2.73. The quantitative estimate of drug-likeness (QED) is 0.761. The average Bonchev–Trinajstić information content (AvgIpc) is 2.31. The molecular weight excluding hydrogens is 194 g/mol. The van der Waals surface area contributed by atoms with Crippen molar-refractivity contribution in [1.82, 2.24) is 5.32 Å². The van der Waals surface area contributed by atoms with Crippen molar-refractivity contribution in [3.63, 3.8) is 0 Å². The average molecular weight is 215 g/mol. The molecule has 1 unspecified atom stereocenters. The summed E-state index contributed by atoms with van der Waals surface area (Å²) in [6.07, 6.45) is 6.99. The van der Waals surface area contributed by atoms with Gasteiger partial charge in [-0.3, -0.25) is 0 Å². The van der Waals surface area contributed by atoms with Crippen LogP contribution in [0.25, 0.3) is 0 Å². The highest BCUT2D eigenvalue weighted by atomic mass is 14.9. The molecule has 0 bridgehead atoms. The van der Waals surface area contributed by atoms with E-state index < -0.39 is 0 Å². The van der Waals surface area contributed by atoms with Gasteiger partial charge < -0.3 is 5.32 Å². The normalized spacial score (nSPS) is 25.2. The molecule has 0 spiro atoms. The summed E-state index contributed by atoms with van der Waals surface area (Å²) in [6, 6.07) is 10.8. The molecule has 1 nitrogen and oxygen atoms in total. The zero-order valence-corrected chi connectivity index (χ0v) is 9.91. The second-order valence-electron chi connectivity index (χ2n) is 4.94. The van der Waals surface area contributed by atoms with Crippen LogP contribution in [0.15, 0.2) is 43.0 Å². The largest absolute Gasteiger partial charge is 0.316 e. The molecule has 0 aromatic heterocycles. The third-order valence-corrected chi connectivity index (χ3v) is 3.56. The fourth-order valence-electron chi connectivity index (χ4n) is 2.76. The van der Waals surface area contributed by atoms with Gasteiger partial charge in [-0.05, 0) is 43.2 Å². The van der Waals surface area contributed by atoms with Crippen molar-refractivity contribution in [1.29, 1.82) is 0 Å². The Morgan fingerprint density at radius 2 is 2.12 bits per heavy atom. The minimum Gasteiger partial charge on any atom is -0.316 e. The molecule has 16 heavy (non-hydrogen) atoms. The second-order valence-corrected chi connectivity index (χ2v) is 4.94. The molecule has 0 radical (unpaired) electrons. The van der Waals surface area contributed by atoms with E-state index in [4.69, 9.17) is 0 Å². The number of allylic oxidation sites excluding steroid dienone is 1. The molecular formula is C15H21N. The maximum Gasteiger partial charge on any atom is 0.00140 e. The fourth-order valence-corrected chi connectivity index (χ4v) is 2.76. The van der Waals surface area contributed by atoms with Gasteiger partial charge in [0.05, 0.1) is 0 Å². The summed E-state index contributed by atoms with van der Waals surface area (Å²) in [7, 11) is 0. The number of piperidine rings is 1. The molecule has 0 saturated carbocycles. The first kappa shape index (κ1) is 11.4. The molecule has 0 aliphatic carbocycles. The molecule has 1 saturated heterocycles. The smallest absolute Gasteiger partial charge is 0.00140 e. The van der Waals surface area contributed by atoms with Crippen molar-refractivity contribution in [3.8, 4) is 0 Å². The number of nitrogens with one attached hydrogen (secondary N) is 1. The van der Waals surface area contributed by atoms with E-state index in [1.807, 2.05) is 0 Å². The van der Waals surface area contributed by atoms with E-state index in [-0.39, 0.29) is 0 Å². The predicted molar refractivity (Wildman–Crippen MR) is 69.5 cm³/mol. The van der Waals surface area contributed by atoms with E-state index in [0.717, 1.165) is 13.0 Å². The summed E-state index contributed by atoms with van der Waals surface area (Å²) >= 11 is 0. The molecule has 1 aromatic rings. The lowest BCUT2D eigenvalue weighted by Crippen LogP contribution is -2.41. The van der Waals surface area contributed by atoms with E-state index >= 15 is 0 Å². The van der Waals surface area contributed by atoms with Gasteiger partial charge in [0.1, 0.15) is 0 Å². The summed E-state index contributed by atoms with van der Waals surface area (Å²) in [5, 5.41) is 3.53. The minimum atomic E-state index is 0.404. The maximum absolute atomic E-state index is 3.91. The molecule has 1 heterocycles. The van der Waals surface area contributed by atoms with Crippen LogP contribution in [0.1, 0.15) is 24.8 Å². The minimum absolute atomic E-state index is 0.404. The van der Waals surface area contributed by atoms with Crippen LogP contribution in [0, 0.1) is 5.41 Å². The zero-order chi connectivity index (χ0) is 11.3. The number of hydrogen-bond acceptors (Lipinski definition) is 1. The third-order valence-electron chi connectivity index (χ3n) is 3.56. The molecule has 1 N–H and O–H groups in total. The summed E-state index contributed by atoms with van der Waals surface area (Å²) in [6.45, 7) is 6.22. The number of benzene rings is 1. The molecule has 1 atom stereocenters. The van der Waals surface area contributed by atoms with Gasteiger partial charge >= 0.3 is 0 Å². The van der Waals surface area contributed by atoms with Crippen LogP contribution >= 0.6 is 0 Å². The van der Waals surface area contributed by atoms with Gasteiger partial charge in [-0.1, -0.05) is 36.4 Å². The van der Waals surface area contributed by atoms with E-state index in [9.17, 15) is 0 Å². The van der Waals surface area contributed by atoms with E-state index in [2.05, 4.69) is 48.3 Å². The van der Waals surface area contributed by atoms with Crippen molar-refractivity contribution < 1.29 is 0 Å². The molecule has 2 rings (SSSR count). The van der Waals surface area contributed by atoms with Crippen molar-refractivity contribution in [2.24, 2.45) is 5.41 Å². The van der Waals surface area contributed by atoms with E-state index in [1.165, 1.54) is 31.4 Å². The first-order chi connectivity index (χ1) is 7.85. The predicted octanol–water partition coefficient (Wildman–Crippen LogP) is 3.18. The summed E-state index contributed by atoms with van der Waals surface area (Å²) in [5.74, 6) is 0. The Kier molecular flexibility index (Phi) is 3.79. The highest BCUT2D eigenvalue weighted by Crippen LogP contribution is 2.34. The summed E-state index contributed by atoms with van der Waals surface area (Å²) in [5.41, 5.74) is 1.86. The Morgan fingerprint density at radius 1 is 1.31 bits per heavy atom. The molecule has 1 aromatic carbocycles. The van der Waals surface area contributed by atoms with Crippen molar-refractivity contribution in [2.75, 3.05) is 13.1 Å². The maximum atomic E-state index is 3.91. The standard InChI is InChI=1S/C15H21N/c1-2-9-15(10-6-11-16-13-15)12-14-7-4-3-5-8-14/h2-5,7-8,16H,1,6,9-13H2. The van der Waals surface area contributed by atoms with Crippen LogP contribution in [0.3, 0.4) is 0 Å². The monoisotopic (exact) mass is 215 g/mol. The van der Waals surface area contributed by atoms with Crippen LogP contribution < -0.4 is 5.32 Å². The van der Waals surface area contributed by atoms with Crippen molar-refractivity contribution in [3.05, 3.63) is 48.6 Å². The van der Waals surface area contributed by atoms with Crippen LogP contribution in [-0.2, 0) is 6.42 Å². The Labute approximate surface area is 98.6 Å².